The molecule has 1 amide bonds. The van der Waals surface area contributed by atoms with Crippen LogP contribution in [0, 0.1) is 17.2 Å². The van der Waals surface area contributed by atoms with Crippen molar-refractivity contribution in [3.05, 3.63) is 42.4 Å². The maximum Gasteiger partial charge on any atom is 0.490 e. The predicted molar refractivity (Wildman–Crippen MR) is 139 cm³/mol. The first-order chi connectivity index (χ1) is 19.4. The third-order valence-corrected chi connectivity index (χ3v) is 6.17. The molecule has 0 bridgehead atoms. The van der Waals surface area contributed by atoms with Gasteiger partial charge in [-0.3, -0.25) is 4.79 Å². The molecule has 0 aliphatic carbocycles. The normalized spacial score (nSPS) is 14.3. The number of aromatic nitrogens is 3. The van der Waals surface area contributed by atoms with Crippen LogP contribution in [0.25, 0.3) is 16.6 Å². The molecule has 0 radical (unpaired) electrons. The molecule has 3 N–H and O–H groups in total. The molecule has 0 aromatic carbocycles. The number of carbonyl (C=O) groups is 2. The van der Waals surface area contributed by atoms with E-state index in [4.69, 9.17) is 19.7 Å². The summed E-state index contributed by atoms with van der Waals surface area (Å²) >= 11 is 0. The average molecular weight is 579 g/mol. The fourth-order valence-electron chi connectivity index (χ4n) is 4.00. The molecular formula is C26H29F3N6O6. The van der Waals surface area contributed by atoms with Gasteiger partial charge in [0.15, 0.2) is 0 Å². The first-order valence-corrected chi connectivity index (χ1v) is 12.5. The van der Waals surface area contributed by atoms with Crippen molar-refractivity contribution in [2.75, 3.05) is 44.3 Å². The summed E-state index contributed by atoms with van der Waals surface area (Å²) in [6.07, 6.45) is -1.13. The van der Waals surface area contributed by atoms with Gasteiger partial charge in [-0.1, -0.05) is 13.8 Å². The van der Waals surface area contributed by atoms with Crippen molar-refractivity contribution in [1.82, 2.24) is 19.5 Å². The van der Waals surface area contributed by atoms with Crippen molar-refractivity contribution in [3.63, 3.8) is 0 Å². The Kier molecular flexibility index (Phi) is 10.1. The number of aliphatic hydroxyl groups excluding tert-OH is 2. The number of fused-ring (bicyclic) bond motifs is 1. The minimum atomic E-state index is -5.08. The summed E-state index contributed by atoms with van der Waals surface area (Å²) in [5.41, 5.74) is 2.65. The SMILES string of the molecule is CC(C)[C@H](O)C(=O)N1CCN(c2ccc(-c3cc(OCCO)cn4ncc(C#N)c34)cn2)CC1.O=C(O)C(F)(F)F. The summed E-state index contributed by atoms with van der Waals surface area (Å²) in [5.74, 6) is -1.78. The van der Waals surface area contributed by atoms with Gasteiger partial charge in [-0.2, -0.15) is 23.5 Å². The van der Waals surface area contributed by atoms with Crippen LogP contribution in [-0.4, -0.2) is 98.4 Å². The van der Waals surface area contributed by atoms with Crippen LogP contribution in [0.1, 0.15) is 19.4 Å². The molecule has 4 rings (SSSR count). The maximum atomic E-state index is 12.4. The van der Waals surface area contributed by atoms with Gasteiger partial charge in [0.2, 0.25) is 0 Å². The second-order valence-corrected chi connectivity index (χ2v) is 9.33. The highest BCUT2D eigenvalue weighted by Crippen LogP contribution is 2.31. The zero-order valence-electron chi connectivity index (χ0n) is 22.2. The molecule has 1 fully saturated rings. The lowest BCUT2D eigenvalue weighted by molar-refractivity contribution is -0.192. The van der Waals surface area contributed by atoms with E-state index < -0.39 is 18.2 Å². The Labute approximate surface area is 232 Å². The van der Waals surface area contributed by atoms with Gasteiger partial charge in [-0.05, 0) is 24.1 Å². The van der Waals surface area contributed by atoms with E-state index in [0.717, 1.165) is 16.9 Å². The number of carbonyl (C=O) groups excluding carboxylic acids is 1. The van der Waals surface area contributed by atoms with Crippen LogP contribution in [0.15, 0.2) is 36.8 Å². The summed E-state index contributed by atoms with van der Waals surface area (Å²) < 4.78 is 38.9. The van der Waals surface area contributed by atoms with Gasteiger partial charge in [0.1, 0.15) is 30.3 Å². The second kappa shape index (κ2) is 13.3. The van der Waals surface area contributed by atoms with Crippen molar-refractivity contribution in [3.8, 4) is 22.9 Å². The van der Waals surface area contributed by atoms with Gasteiger partial charge < -0.3 is 29.9 Å². The average Bonchev–Trinajstić information content (AvgIpc) is 3.38. The molecule has 0 unspecified atom stereocenters. The Balaban J connectivity index is 0.000000587. The van der Waals surface area contributed by atoms with Crippen LogP contribution in [0.4, 0.5) is 19.0 Å². The first kappa shape index (κ1) is 31.1. The van der Waals surface area contributed by atoms with E-state index in [0.29, 0.717) is 43.0 Å². The number of alkyl halides is 3. The molecule has 1 aliphatic heterocycles. The van der Waals surface area contributed by atoms with Crippen LogP contribution in [0.3, 0.4) is 0 Å². The van der Waals surface area contributed by atoms with E-state index in [2.05, 4.69) is 21.1 Å². The molecule has 12 nitrogen and oxygen atoms in total. The highest BCUT2D eigenvalue weighted by atomic mass is 19.4. The third kappa shape index (κ3) is 7.62. The molecule has 41 heavy (non-hydrogen) atoms. The Morgan fingerprint density at radius 1 is 1.17 bits per heavy atom. The Bertz CT molecular complexity index is 1400. The monoisotopic (exact) mass is 578 g/mol. The van der Waals surface area contributed by atoms with Crippen molar-refractivity contribution in [1.29, 1.82) is 5.26 Å². The molecule has 1 atom stereocenters. The van der Waals surface area contributed by atoms with Crippen LogP contribution in [0.2, 0.25) is 0 Å². The first-order valence-electron chi connectivity index (χ1n) is 12.5. The van der Waals surface area contributed by atoms with E-state index in [-0.39, 0.29) is 25.0 Å². The highest BCUT2D eigenvalue weighted by molar-refractivity contribution is 5.85. The number of hydrogen-bond acceptors (Lipinski definition) is 9. The topological polar surface area (TPSA) is 165 Å². The number of nitrogens with zero attached hydrogens (tertiary/aromatic N) is 6. The minimum Gasteiger partial charge on any atom is -0.490 e. The van der Waals surface area contributed by atoms with Crippen molar-refractivity contribution >= 4 is 23.2 Å². The van der Waals surface area contributed by atoms with Crippen LogP contribution < -0.4 is 9.64 Å². The largest absolute Gasteiger partial charge is 0.490 e. The summed E-state index contributed by atoms with van der Waals surface area (Å²) in [7, 11) is 0. The van der Waals surface area contributed by atoms with Gasteiger partial charge in [0.25, 0.3) is 5.91 Å². The van der Waals surface area contributed by atoms with E-state index >= 15 is 0 Å². The lowest BCUT2D eigenvalue weighted by atomic mass is 10.0. The van der Waals surface area contributed by atoms with Crippen molar-refractivity contribution < 1.29 is 42.8 Å². The number of aliphatic hydroxyl groups is 2. The number of halogens is 3. The quantitative estimate of drug-likeness (QED) is 0.377. The molecule has 1 saturated heterocycles. The molecule has 3 aromatic rings. The number of carboxylic acid groups (broad SMARTS) is 1. The number of hydrogen-bond donors (Lipinski definition) is 3. The van der Waals surface area contributed by atoms with Gasteiger partial charge >= 0.3 is 12.1 Å². The fourth-order valence-corrected chi connectivity index (χ4v) is 4.00. The van der Waals surface area contributed by atoms with Crippen LogP contribution in [0.5, 0.6) is 5.75 Å². The zero-order valence-corrected chi connectivity index (χ0v) is 22.2. The lowest BCUT2D eigenvalue weighted by Gasteiger charge is -2.36. The fraction of sp³-hybridized carbons (Fsp3) is 0.423. The Morgan fingerprint density at radius 3 is 2.34 bits per heavy atom. The highest BCUT2D eigenvalue weighted by Gasteiger charge is 2.38. The zero-order chi connectivity index (χ0) is 30.3. The predicted octanol–water partition coefficient (Wildman–Crippen LogP) is 1.94. The molecule has 15 heteroatoms. The van der Waals surface area contributed by atoms with Crippen LogP contribution in [-0.2, 0) is 9.59 Å². The number of pyridine rings is 2. The number of amides is 1. The minimum absolute atomic E-state index is 0.110. The molecule has 0 spiro atoms. The van der Waals surface area contributed by atoms with E-state index in [1.54, 1.807) is 21.8 Å². The molecule has 4 heterocycles. The van der Waals surface area contributed by atoms with Gasteiger partial charge in [-0.25, -0.2) is 14.3 Å². The van der Waals surface area contributed by atoms with Crippen molar-refractivity contribution in [2.24, 2.45) is 5.92 Å². The lowest BCUT2D eigenvalue weighted by Crippen LogP contribution is -2.52. The molecular weight excluding hydrogens is 549 g/mol. The standard InChI is InChI=1S/C24H28N6O4.C2HF3O2/c1-16(2)23(32)24(33)29-7-5-28(6-8-29)21-4-3-17(13-26-21)20-11-19(34-10-9-31)15-30-22(20)18(12-25)14-27-30;3-2(4,5)1(6)7/h3-4,11,13-16,23,31-32H,5-10H2,1-2H3;(H,6,7)/t23-;/m0./s1. The van der Waals surface area contributed by atoms with Gasteiger partial charge in [0.05, 0.1) is 30.1 Å². The number of nitriles is 1. The van der Waals surface area contributed by atoms with Crippen LogP contribution >= 0.6 is 0 Å². The third-order valence-electron chi connectivity index (χ3n) is 6.17. The number of carboxylic acids is 1. The van der Waals surface area contributed by atoms with Gasteiger partial charge in [0, 0.05) is 43.5 Å². The number of ether oxygens (including phenoxy) is 1. The van der Waals surface area contributed by atoms with Gasteiger partial charge in [-0.15, -0.1) is 0 Å². The Hall–Kier alpha value is -4.42. The smallest absolute Gasteiger partial charge is 0.490 e. The second-order valence-electron chi connectivity index (χ2n) is 9.33. The number of piperazine rings is 1. The summed E-state index contributed by atoms with van der Waals surface area (Å²) in [5, 5.41) is 40.0. The van der Waals surface area contributed by atoms with E-state index in [1.165, 1.54) is 6.20 Å². The van der Waals surface area contributed by atoms with Crippen molar-refractivity contribution in [2.45, 2.75) is 26.1 Å². The molecule has 3 aromatic heterocycles. The maximum absolute atomic E-state index is 12.4. The number of anilines is 1. The molecule has 1 aliphatic rings. The summed E-state index contributed by atoms with van der Waals surface area (Å²) in [4.78, 5) is 29.7. The summed E-state index contributed by atoms with van der Waals surface area (Å²) in [6, 6.07) is 7.83. The number of aliphatic carboxylic acids is 1. The Morgan fingerprint density at radius 2 is 1.83 bits per heavy atom. The molecule has 0 saturated carbocycles. The van der Waals surface area contributed by atoms with E-state index in [9.17, 15) is 28.3 Å². The van der Waals surface area contributed by atoms with E-state index in [1.807, 2.05) is 32.0 Å². The number of rotatable bonds is 7. The molecule has 220 valence electrons. The summed E-state index contributed by atoms with van der Waals surface area (Å²) in [6.45, 7) is 6.00.